The van der Waals surface area contributed by atoms with Crippen molar-refractivity contribution >= 4 is 17.4 Å². The van der Waals surface area contributed by atoms with Crippen molar-refractivity contribution in [1.29, 1.82) is 0 Å². The van der Waals surface area contributed by atoms with Crippen molar-refractivity contribution in [3.8, 4) is 0 Å². The van der Waals surface area contributed by atoms with E-state index in [1.165, 1.54) is 24.9 Å². The summed E-state index contributed by atoms with van der Waals surface area (Å²) in [6.45, 7) is 0. The topological polar surface area (TPSA) is 55.7 Å². The Morgan fingerprint density at radius 3 is 2.47 bits per heavy atom. The molecule has 5 heteroatoms. The molecule has 2 rings (SSSR count). The van der Waals surface area contributed by atoms with Crippen molar-refractivity contribution in [2.75, 3.05) is 0 Å². The molecule has 2 heterocycles. The fourth-order valence-electron chi connectivity index (χ4n) is 1.07. The molecule has 2 aromatic heterocycles. The number of carbonyl (C=O) groups excluding carboxylic acids is 1. The Morgan fingerprint density at radius 1 is 1.13 bits per heavy atom. The first-order valence-corrected chi connectivity index (χ1v) is 4.56. The van der Waals surface area contributed by atoms with Crippen LogP contribution in [0.1, 0.15) is 16.1 Å². The van der Waals surface area contributed by atoms with Gasteiger partial charge in [0.15, 0.2) is 0 Å². The second kappa shape index (κ2) is 4.14. The van der Waals surface area contributed by atoms with Gasteiger partial charge in [-0.25, -0.2) is 9.97 Å². The highest BCUT2D eigenvalue weighted by molar-refractivity contribution is 6.30. The van der Waals surface area contributed by atoms with Crippen LogP contribution in [0.3, 0.4) is 0 Å². The molecule has 0 aliphatic rings. The van der Waals surface area contributed by atoms with Crippen molar-refractivity contribution in [1.82, 2.24) is 15.0 Å². The first kappa shape index (κ1) is 9.73. The number of aromatic nitrogens is 3. The fourth-order valence-corrected chi connectivity index (χ4v) is 1.19. The molecule has 0 N–H and O–H groups in total. The minimum atomic E-state index is -0.215. The lowest BCUT2D eigenvalue weighted by molar-refractivity contribution is 0.103. The van der Waals surface area contributed by atoms with Crippen molar-refractivity contribution in [2.24, 2.45) is 0 Å². The maximum absolute atomic E-state index is 11.8. The first-order chi connectivity index (χ1) is 7.27. The minimum Gasteiger partial charge on any atom is -0.287 e. The predicted octanol–water partition coefficient (Wildman–Crippen LogP) is 1.76. The van der Waals surface area contributed by atoms with Crippen molar-refractivity contribution < 1.29 is 4.79 Å². The third-order valence-electron chi connectivity index (χ3n) is 1.78. The Hall–Kier alpha value is -1.81. The highest BCUT2D eigenvalue weighted by Crippen LogP contribution is 2.09. The molecule has 0 aliphatic carbocycles. The van der Waals surface area contributed by atoms with Crippen molar-refractivity contribution in [2.45, 2.75) is 0 Å². The lowest BCUT2D eigenvalue weighted by Gasteiger charge is -1.98. The average Bonchev–Trinajstić information content (AvgIpc) is 2.30. The summed E-state index contributed by atoms with van der Waals surface area (Å²) < 4.78 is 0. The summed E-state index contributed by atoms with van der Waals surface area (Å²) in [5, 5.41) is 0.496. The van der Waals surface area contributed by atoms with Gasteiger partial charge in [-0.15, -0.1) is 0 Å². The van der Waals surface area contributed by atoms with Gasteiger partial charge >= 0.3 is 0 Å². The number of pyridine rings is 1. The van der Waals surface area contributed by atoms with Gasteiger partial charge in [-0.05, 0) is 12.1 Å². The predicted molar refractivity (Wildman–Crippen MR) is 54.7 cm³/mol. The van der Waals surface area contributed by atoms with Crippen LogP contribution in [0.15, 0.2) is 37.1 Å². The number of halogens is 1. The summed E-state index contributed by atoms with van der Waals surface area (Å²) in [5.74, 6) is -0.215. The van der Waals surface area contributed by atoms with E-state index >= 15 is 0 Å². The van der Waals surface area contributed by atoms with Crippen LogP contribution in [0.25, 0.3) is 0 Å². The Bertz CT molecular complexity index is 470. The molecule has 0 fully saturated rings. The molecule has 0 aromatic carbocycles. The Kier molecular flexibility index (Phi) is 2.69. The van der Waals surface area contributed by atoms with Crippen LogP contribution in [-0.4, -0.2) is 20.7 Å². The molecular formula is C10H6ClN3O. The van der Waals surface area contributed by atoms with Crippen molar-refractivity contribution in [3.05, 3.63) is 53.3 Å². The number of ketones is 1. The molecule has 0 unspecified atom stereocenters. The van der Waals surface area contributed by atoms with Crippen LogP contribution in [0.2, 0.25) is 5.02 Å². The standard InChI is InChI=1S/C10H6ClN3O/c11-8-1-2-9(14-5-8)10(15)7-3-12-6-13-4-7/h1-6H. The van der Waals surface area contributed by atoms with Gasteiger partial charge in [0.25, 0.3) is 0 Å². The van der Waals surface area contributed by atoms with Gasteiger partial charge in [-0.2, -0.15) is 0 Å². The zero-order valence-electron chi connectivity index (χ0n) is 7.59. The second-order valence-corrected chi connectivity index (χ2v) is 3.25. The maximum atomic E-state index is 11.8. The molecule has 4 nitrogen and oxygen atoms in total. The molecule has 0 bridgehead atoms. The van der Waals surface area contributed by atoms with Gasteiger partial charge in [0, 0.05) is 18.6 Å². The minimum absolute atomic E-state index is 0.215. The molecule has 0 aliphatic heterocycles. The van der Waals surface area contributed by atoms with E-state index in [-0.39, 0.29) is 5.78 Å². The van der Waals surface area contributed by atoms with E-state index in [4.69, 9.17) is 11.6 Å². The van der Waals surface area contributed by atoms with E-state index in [0.717, 1.165) is 0 Å². The zero-order chi connectivity index (χ0) is 10.7. The summed E-state index contributed by atoms with van der Waals surface area (Å²) in [6, 6.07) is 3.18. The Labute approximate surface area is 91.0 Å². The number of hydrogen-bond donors (Lipinski definition) is 0. The van der Waals surface area contributed by atoms with Gasteiger partial charge in [0.2, 0.25) is 5.78 Å². The third kappa shape index (κ3) is 2.16. The zero-order valence-corrected chi connectivity index (χ0v) is 8.35. The smallest absolute Gasteiger partial charge is 0.214 e. The summed E-state index contributed by atoms with van der Waals surface area (Å²) in [4.78, 5) is 23.2. The summed E-state index contributed by atoms with van der Waals surface area (Å²) in [5.41, 5.74) is 0.738. The molecule has 0 atom stereocenters. The highest BCUT2D eigenvalue weighted by Gasteiger charge is 2.10. The van der Waals surface area contributed by atoms with Crippen LogP contribution in [0.5, 0.6) is 0 Å². The molecular weight excluding hydrogens is 214 g/mol. The van der Waals surface area contributed by atoms with Crippen LogP contribution in [0, 0.1) is 0 Å². The SMILES string of the molecule is O=C(c1cncnc1)c1ccc(Cl)cn1. The second-order valence-electron chi connectivity index (χ2n) is 2.82. The Morgan fingerprint density at radius 2 is 1.87 bits per heavy atom. The third-order valence-corrected chi connectivity index (χ3v) is 2.01. The van der Waals surface area contributed by atoms with E-state index in [9.17, 15) is 4.79 Å². The monoisotopic (exact) mass is 219 g/mol. The number of nitrogens with zero attached hydrogens (tertiary/aromatic N) is 3. The number of rotatable bonds is 2. The van der Waals surface area contributed by atoms with Gasteiger partial charge in [-0.3, -0.25) is 9.78 Å². The summed E-state index contributed by atoms with van der Waals surface area (Å²) in [7, 11) is 0. The van der Waals surface area contributed by atoms with E-state index in [0.29, 0.717) is 16.3 Å². The van der Waals surface area contributed by atoms with Crippen molar-refractivity contribution in [3.63, 3.8) is 0 Å². The lowest BCUT2D eigenvalue weighted by Crippen LogP contribution is -2.04. The summed E-state index contributed by atoms with van der Waals surface area (Å²) in [6.07, 6.45) is 5.70. The van der Waals surface area contributed by atoms with Crippen LogP contribution < -0.4 is 0 Å². The molecule has 0 radical (unpaired) electrons. The highest BCUT2D eigenvalue weighted by atomic mass is 35.5. The Balaban J connectivity index is 2.33. The lowest BCUT2D eigenvalue weighted by atomic mass is 10.1. The maximum Gasteiger partial charge on any atom is 0.214 e. The van der Waals surface area contributed by atoms with Gasteiger partial charge in [-0.1, -0.05) is 11.6 Å². The summed E-state index contributed by atoms with van der Waals surface area (Å²) >= 11 is 5.66. The van der Waals surface area contributed by atoms with E-state index in [1.807, 2.05) is 0 Å². The molecule has 0 saturated heterocycles. The van der Waals surface area contributed by atoms with Gasteiger partial charge in [0.05, 0.1) is 10.6 Å². The molecule has 74 valence electrons. The fraction of sp³-hybridized carbons (Fsp3) is 0. The molecule has 0 amide bonds. The quantitative estimate of drug-likeness (QED) is 0.723. The average molecular weight is 220 g/mol. The molecule has 2 aromatic rings. The molecule has 0 spiro atoms. The van der Waals surface area contributed by atoms with E-state index in [1.54, 1.807) is 12.1 Å². The van der Waals surface area contributed by atoms with Crippen LogP contribution in [0.4, 0.5) is 0 Å². The molecule has 0 saturated carbocycles. The van der Waals surface area contributed by atoms with Gasteiger partial charge < -0.3 is 0 Å². The van der Waals surface area contributed by atoms with Crippen LogP contribution >= 0.6 is 11.6 Å². The normalized spacial score (nSPS) is 9.93. The van der Waals surface area contributed by atoms with E-state index < -0.39 is 0 Å². The first-order valence-electron chi connectivity index (χ1n) is 4.18. The van der Waals surface area contributed by atoms with Gasteiger partial charge in [0.1, 0.15) is 12.0 Å². The van der Waals surface area contributed by atoms with E-state index in [2.05, 4.69) is 15.0 Å². The largest absolute Gasteiger partial charge is 0.287 e. The van der Waals surface area contributed by atoms with Crippen LogP contribution in [-0.2, 0) is 0 Å². The molecule has 15 heavy (non-hydrogen) atoms. The number of carbonyl (C=O) groups is 1. The number of hydrogen-bond acceptors (Lipinski definition) is 4.